The summed E-state index contributed by atoms with van der Waals surface area (Å²) in [6.07, 6.45) is 3.30. The molecule has 0 bridgehead atoms. The molecule has 0 fully saturated rings. The molecule has 0 heterocycles. The second-order valence-electron chi connectivity index (χ2n) is 9.59. The molecule has 0 aliphatic heterocycles. The fourth-order valence-electron chi connectivity index (χ4n) is 4.28. The number of allylic oxidation sites excluding steroid dienone is 1. The topological polar surface area (TPSA) is 54.0 Å². The van der Waals surface area contributed by atoms with Crippen molar-refractivity contribution >= 4 is 11.9 Å². The molecule has 0 aromatic heterocycles. The van der Waals surface area contributed by atoms with Crippen molar-refractivity contribution in [3.63, 3.8) is 0 Å². The number of hydrogen-bond donors (Lipinski definition) is 0. The van der Waals surface area contributed by atoms with E-state index in [-0.39, 0.29) is 5.78 Å². The molecule has 5 aromatic rings. The van der Waals surface area contributed by atoms with Gasteiger partial charge in [0.1, 0.15) is 31.3 Å². The van der Waals surface area contributed by atoms with Gasteiger partial charge in [0, 0.05) is 17.2 Å². The second-order valence-corrected chi connectivity index (χ2v) is 9.59. The number of methoxy groups -OCH3 is 1. The highest BCUT2D eigenvalue weighted by atomic mass is 16.5. The lowest BCUT2D eigenvalue weighted by atomic mass is 10.1. The summed E-state index contributed by atoms with van der Waals surface area (Å²) in [5.74, 6) is 2.21. The van der Waals surface area contributed by atoms with Crippen LogP contribution >= 0.6 is 0 Å². The lowest BCUT2D eigenvalue weighted by molar-refractivity contribution is 0.104. The van der Waals surface area contributed by atoms with Crippen LogP contribution < -0.4 is 18.9 Å². The van der Waals surface area contributed by atoms with Crippen molar-refractivity contribution < 1.29 is 23.7 Å². The van der Waals surface area contributed by atoms with E-state index >= 15 is 0 Å². The molecular weight excluding hydrogens is 524 g/mol. The zero-order chi connectivity index (χ0) is 29.0. The predicted molar refractivity (Wildman–Crippen MR) is 165 cm³/mol. The molecule has 0 atom stereocenters. The number of rotatable bonds is 13. The van der Waals surface area contributed by atoms with Crippen LogP contribution in [-0.2, 0) is 19.8 Å². The summed E-state index contributed by atoms with van der Waals surface area (Å²) in [4.78, 5) is 13.1. The van der Waals surface area contributed by atoms with Gasteiger partial charge in [0.25, 0.3) is 0 Å². The predicted octanol–water partition coefficient (Wildman–Crippen LogP) is 8.33. The molecule has 0 radical (unpaired) electrons. The average molecular weight is 557 g/mol. The zero-order valence-corrected chi connectivity index (χ0v) is 23.4. The first-order valence-electron chi connectivity index (χ1n) is 13.7. The van der Waals surface area contributed by atoms with Crippen molar-refractivity contribution in [2.75, 3.05) is 7.11 Å². The molecule has 0 saturated carbocycles. The van der Waals surface area contributed by atoms with Gasteiger partial charge >= 0.3 is 0 Å². The third-order valence-electron chi connectivity index (χ3n) is 6.57. The Bertz CT molecular complexity index is 1610. The van der Waals surface area contributed by atoms with E-state index in [0.717, 1.165) is 22.3 Å². The molecule has 0 amide bonds. The third kappa shape index (κ3) is 7.89. The number of ether oxygens (including phenoxy) is 4. The van der Waals surface area contributed by atoms with Gasteiger partial charge in [-0.1, -0.05) is 91.0 Å². The van der Waals surface area contributed by atoms with E-state index in [1.165, 1.54) is 6.08 Å². The maximum absolute atomic E-state index is 13.1. The van der Waals surface area contributed by atoms with Crippen molar-refractivity contribution in [3.8, 4) is 23.0 Å². The minimum Gasteiger partial charge on any atom is -0.493 e. The largest absolute Gasteiger partial charge is 0.493 e. The number of carbonyl (C=O) groups excluding carboxylic acids is 1. The molecule has 0 aliphatic rings. The Morgan fingerprint density at radius 1 is 0.571 bits per heavy atom. The van der Waals surface area contributed by atoms with Gasteiger partial charge in [0.15, 0.2) is 17.3 Å². The summed E-state index contributed by atoms with van der Waals surface area (Å²) in [7, 11) is 1.56. The van der Waals surface area contributed by atoms with E-state index in [1.54, 1.807) is 31.4 Å². The molecule has 42 heavy (non-hydrogen) atoms. The quantitative estimate of drug-likeness (QED) is 0.108. The second kappa shape index (κ2) is 14.4. The van der Waals surface area contributed by atoms with Gasteiger partial charge in [-0.15, -0.1) is 0 Å². The highest BCUT2D eigenvalue weighted by Gasteiger charge is 2.11. The molecule has 5 nitrogen and oxygen atoms in total. The normalized spacial score (nSPS) is 10.8. The Morgan fingerprint density at radius 3 is 1.69 bits per heavy atom. The Hall–Kier alpha value is -5.29. The summed E-state index contributed by atoms with van der Waals surface area (Å²) in [6.45, 7) is 1.24. The number of benzene rings is 5. The van der Waals surface area contributed by atoms with Crippen LogP contribution in [0.3, 0.4) is 0 Å². The molecular formula is C37H32O5. The van der Waals surface area contributed by atoms with Gasteiger partial charge in [0.05, 0.1) is 7.11 Å². The SMILES string of the molecule is COc1cc(C(=O)/C=C/c2ccc(OCc3ccccc3)cc2OCc2ccccc2)ccc1OCc1ccccc1. The van der Waals surface area contributed by atoms with Crippen molar-refractivity contribution in [2.24, 2.45) is 0 Å². The molecule has 0 N–H and O–H groups in total. The van der Waals surface area contributed by atoms with Crippen molar-refractivity contribution in [3.05, 3.63) is 161 Å². The van der Waals surface area contributed by atoms with E-state index in [0.29, 0.717) is 48.4 Å². The van der Waals surface area contributed by atoms with Crippen LogP contribution in [0.15, 0.2) is 133 Å². The minimum absolute atomic E-state index is 0.165. The molecule has 5 aromatic carbocycles. The van der Waals surface area contributed by atoms with Crippen molar-refractivity contribution in [1.82, 2.24) is 0 Å². The highest BCUT2D eigenvalue weighted by molar-refractivity contribution is 6.07. The number of carbonyl (C=O) groups is 1. The van der Waals surface area contributed by atoms with Gasteiger partial charge in [-0.25, -0.2) is 0 Å². The zero-order valence-electron chi connectivity index (χ0n) is 23.4. The maximum Gasteiger partial charge on any atom is 0.185 e. The van der Waals surface area contributed by atoms with Crippen LogP contribution in [0, 0.1) is 0 Å². The Balaban J connectivity index is 1.31. The maximum atomic E-state index is 13.1. The van der Waals surface area contributed by atoms with E-state index in [9.17, 15) is 4.79 Å². The highest BCUT2D eigenvalue weighted by Crippen LogP contribution is 2.30. The Labute approximate surface area is 246 Å². The first kappa shape index (κ1) is 28.2. The molecule has 5 rings (SSSR count). The Morgan fingerprint density at radius 2 is 1.12 bits per heavy atom. The van der Waals surface area contributed by atoms with E-state index < -0.39 is 0 Å². The first-order valence-corrected chi connectivity index (χ1v) is 13.7. The molecule has 0 saturated heterocycles. The van der Waals surface area contributed by atoms with Gasteiger partial charge in [-0.2, -0.15) is 0 Å². The van der Waals surface area contributed by atoms with Crippen LogP contribution in [0.1, 0.15) is 32.6 Å². The first-order chi connectivity index (χ1) is 20.7. The van der Waals surface area contributed by atoms with Crippen LogP contribution in [0.4, 0.5) is 0 Å². The summed E-state index contributed by atoms with van der Waals surface area (Å²) in [6, 6.07) is 40.6. The molecule has 0 unspecified atom stereocenters. The monoisotopic (exact) mass is 556 g/mol. The summed E-state index contributed by atoms with van der Waals surface area (Å²) in [5, 5.41) is 0. The van der Waals surface area contributed by atoms with Crippen molar-refractivity contribution in [1.29, 1.82) is 0 Å². The van der Waals surface area contributed by atoms with Crippen LogP contribution in [0.5, 0.6) is 23.0 Å². The minimum atomic E-state index is -0.165. The van der Waals surface area contributed by atoms with Gasteiger partial charge in [-0.3, -0.25) is 4.79 Å². The summed E-state index contributed by atoms with van der Waals surface area (Å²) < 4.78 is 23.7. The van der Waals surface area contributed by atoms with Gasteiger partial charge in [-0.05, 0) is 59.2 Å². The molecule has 5 heteroatoms. The number of ketones is 1. The van der Waals surface area contributed by atoms with E-state index in [2.05, 4.69) is 0 Å². The summed E-state index contributed by atoms with van der Waals surface area (Å²) in [5.41, 5.74) is 4.42. The fraction of sp³-hybridized carbons (Fsp3) is 0.108. The summed E-state index contributed by atoms with van der Waals surface area (Å²) >= 11 is 0. The lowest BCUT2D eigenvalue weighted by Crippen LogP contribution is -2.01. The molecule has 0 aliphatic carbocycles. The lowest BCUT2D eigenvalue weighted by Gasteiger charge is -2.13. The molecule has 0 spiro atoms. The third-order valence-corrected chi connectivity index (χ3v) is 6.57. The van der Waals surface area contributed by atoms with Crippen molar-refractivity contribution in [2.45, 2.75) is 19.8 Å². The van der Waals surface area contributed by atoms with E-state index in [1.807, 2.05) is 109 Å². The Kier molecular flexibility index (Phi) is 9.67. The van der Waals surface area contributed by atoms with Gasteiger partial charge < -0.3 is 18.9 Å². The smallest absolute Gasteiger partial charge is 0.185 e. The average Bonchev–Trinajstić information content (AvgIpc) is 3.06. The van der Waals surface area contributed by atoms with Crippen LogP contribution in [-0.4, -0.2) is 12.9 Å². The fourth-order valence-corrected chi connectivity index (χ4v) is 4.28. The van der Waals surface area contributed by atoms with Gasteiger partial charge in [0.2, 0.25) is 0 Å². The van der Waals surface area contributed by atoms with E-state index in [4.69, 9.17) is 18.9 Å². The van der Waals surface area contributed by atoms with Crippen LogP contribution in [0.2, 0.25) is 0 Å². The van der Waals surface area contributed by atoms with Crippen LogP contribution in [0.25, 0.3) is 6.08 Å². The molecule has 210 valence electrons. The standard InChI is InChI=1S/C37H32O5/c1-39-37-23-32(19-22-35(37)41-26-29-13-7-3-8-14-29)34(38)21-18-31-17-20-33(40-25-28-11-5-2-6-12-28)24-36(31)42-27-30-15-9-4-10-16-30/h2-24H,25-27H2,1H3/b21-18+. The number of hydrogen-bond acceptors (Lipinski definition) is 5.